The number of hydrogen-bond acceptors (Lipinski definition) is 5. The lowest BCUT2D eigenvalue weighted by Gasteiger charge is -2.46. The number of amides is 1. The highest BCUT2D eigenvalue weighted by Crippen LogP contribution is 2.33. The molecule has 1 aromatic rings. The van der Waals surface area contributed by atoms with Gasteiger partial charge in [-0.2, -0.15) is 0 Å². The summed E-state index contributed by atoms with van der Waals surface area (Å²) in [5.74, 6) is -0.198. The van der Waals surface area contributed by atoms with E-state index in [-0.39, 0.29) is 36.0 Å². The number of allylic oxidation sites excluding steroid dienone is 4. The Kier molecular flexibility index (Phi) is 8.15. The van der Waals surface area contributed by atoms with Crippen LogP contribution in [0.4, 0.5) is 10.5 Å². The second-order valence-electron chi connectivity index (χ2n) is 10.6. The van der Waals surface area contributed by atoms with E-state index in [0.29, 0.717) is 36.6 Å². The van der Waals surface area contributed by atoms with E-state index in [4.69, 9.17) is 16.3 Å². The molecule has 1 saturated heterocycles. The molecular weight excluding hydrogens is 464 g/mol. The number of carbonyl (C=O) groups is 3. The average Bonchev–Trinajstić information content (AvgIpc) is 2.69. The lowest BCUT2D eigenvalue weighted by atomic mass is 9.84. The van der Waals surface area contributed by atoms with Gasteiger partial charge in [-0.05, 0) is 84.2 Å². The Balaban J connectivity index is 1.72. The highest BCUT2D eigenvalue weighted by Gasteiger charge is 2.37. The zero-order valence-electron chi connectivity index (χ0n) is 21.9. The standard InChI is InChI=1S/C28H37ClN2O4/c1-8-31(21-15-30(16-21)27(34)35-28(5,6)7)24-14-20(29)13-23(19(24)4)25(32)10-9-22-18(3)11-17(2)12-26(22)33/h11-14,21-22H,8-10,15-16H2,1-7H3. The SMILES string of the molecule is CCN(c1cc(Cl)cc(C(=O)CCC2C(=O)C=C(C)C=C2C)c1C)C1CN(C(=O)OC(C)(C)C)C1. The van der Waals surface area contributed by atoms with Gasteiger partial charge in [-0.3, -0.25) is 9.59 Å². The highest BCUT2D eigenvalue weighted by molar-refractivity contribution is 6.31. The van der Waals surface area contributed by atoms with Crippen molar-refractivity contribution in [3.05, 3.63) is 51.6 Å². The number of hydrogen-bond donors (Lipinski definition) is 0. The van der Waals surface area contributed by atoms with Crippen LogP contribution >= 0.6 is 11.6 Å². The molecule has 190 valence electrons. The summed E-state index contributed by atoms with van der Waals surface area (Å²) in [5, 5.41) is 0.499. The van der Waals surface area contributed by atoms with Crippen LogP contribution in [0.1, 0.15) is 70.3 Å². The third-order valence-electron chi connectivity index (χ3n) is 6.63. The van der Waals surface area contributed by atoms with Crippen molar-refractivity contribution < 1.29 is 19.1 Å². The molecule has 0 aromatic heterocycles. The number of rotatable bonds is 7. The van der Waals surface area contributed by atoms with Gasteiger partial charge in [-0.25, -0.2) is 4.79 Å². The average molecular weight is 501 g/mol. The molecule has 1 aliphatic carbocycles. The van der Waals surface area contributed by atoms with Crippen molar-refractivity contribution in [2.45, 2.75) is 73.0 Å². The molecular formula is C28H37ClN2O4. The Morgan fingerprint density at radius 3 is 2.37 bits per heavy atom. The molecule has 1 aromatic carbocycles. The monoisotopic (exact) mass is 500 g/mol. The van der Waals surface area contributed by atoms with Gasteiger partial charge in [0, 0.05) is 48.2 Å². The van der Waals surface area contributed by atoms with E-state index >= 15 is 0 Å². The van der Waals surface area contributed by atoms with E-state index in [1.165, 1.54) is 0 Å². The number of Topliss-reactive ketones (excluding diaryl/α,β-unsaturated/α-hetero) is 1. The second-order valence-corrected chi connectivity index (χ2v) is 11.1. The number of ketones is 2. The molecule has 1 atom stereocenters. The molecule has 1 fully saturated rings. The molecule has 6 nitrogen and oxygen atoms in total. The Labute approximate surface area is 213 Å². The number of halogens is 1. The summed E-state index contributed by atoms with van der Waals surface area (Å²) in [6.07, 6.45) is 4.11. The summed E-state index contributed by atoms with van der Waals surface area (Å²) in [6, 6.07) is 3.73. The lowest BCUT2D eigenvalue weighted by Crippen LogP contribution is -2.62. The molecule has 7 heteroatoms. The topological polar surface area (TPSA) is 66.9 Å². The molecule has 1 unspecified atom stereocenters. The number of likely N-dealkylation sites (tertiary alicyclic amines) is 1. The predicted octanol–water partition coefficient (Wildman–Crippen LogP) is 6.15. The van der Waals surface area contributed by atoms with E-state index < -0.39 is 5.60 Å². The smallest absolute Gasteiger partial charge is 0.410 e. The third kappa shape index (κ3) is 6.35. The molecule has 1 heterocycles. The molecule has 0 bridgehead atoms. The minimum Gasteiger partial charge on any atom is -0.444 e. The fourth-order valence-electron chi connectivity index (χ4n) is 4.84. The van der Waals surface area contributed by atoms with E-state index in [0.717, 1.165) is 22.4 Å². The van der Waals surface area contributed by atoms with Gasteiger partial charge >= 0.3 is 6.09 Å². The van der Waals surface area contributed by atoms with Crippen LogP contribution in [0, 0.1) is 12.8 Å². The van der Waals surface area contributed by atoms with Crippen molar-refractivity contribution in [3.8, 4) is 0 Å². The number of ether oxygens (including phenoxy) is 1. The number of nitrogens with zero attached hydrogens (tertiary/aromatic N) is 2. The van der Waals surface area contributed by atoms with Crippen molar-refractivity contribution in [3.63, 3.8) is 0 Å². The van der Waals surface area contributed by atoms with Gasteiger partial charge in [0.25, 0.3) is 0 Å². The number of likely N-dealkylation sites (N-methyl/N-ethyl adjacent to an activating group) is 1. The molecule has 0 spiro atoms. The number of benzene rings is 1. The van der Waals surface area contributed by atoms with Gasteiger partial charge in [0.1, 0.15) is 5.60 Å². The van der Waals surface area contributed by atoms with Crippen molar-refractivity contribution in [2.24, 2.45) is 5.92 Å². The van der Waals surface area contributed by atoms with Crippen molar-refractivity contribution in [1.82, 2.24) is 4.90 Å². The zero-order valence-corrected chi connectivity index (χ0v) is 22.7. The second kappa shape index (κ2) is 10.6. The van der Waals surface area contributed by atoms with Crippen LogP contribution in [0.25, 0.3) is 0 Å². The van der Waals surface area contributed by atoms with Crippen molar-refractivity contribution >= 4 is 34.9 Å². The first-order valence-corrected chi connectivity index (χ1v) is 12.7. The van der Waals surface area contributed by atoms with Crippen LogP contribution in [-0.4, -0.2) is 53.8 Å². The van der Waals surface area contributed by atoms with E-state index in [1.807, 2.05) is 53.7 Å². The van der Waals surface area contributed by atoms with E-state index in [1.54, 1.807) is 17.0 Å². The van der Waals surface area contributed by atoms with Gasteiger partial charge in [0.2, 0.25) is 0 Å². The van der Waals surface area contributed by atoms with E-state index in [9.17, 15) is 14.4 Å². The first-order chi connectivity index (χ1) is 16.3. The minimum atomic E-state index is -0.531. The summed E-state index contributed by atoms with van der Waals surface area (Å²) < 4.78 is 5.47. The number of carbonyl (C=O) groups excluding carboxylic acids is 3. The Hall–Kier alpha value is -2.60. The quantitative estimate of drug-likeness (QED) is 0.420. The van der Waals surface area contributed by atoms with Gasteiger partial charge < -0.3 is 14.5 Å². The highest BCUT2D eigenvalue weighted by atomic mass is 35.5. The van der Waals surface area contributed by atoms with Crippen molar-refractivity contribution in [1.29, 1.82) is 0 Å². The maximum atomic E-state index is 13.2. The van der Waals surface area contributed by atoms with Gasteiger partial charge in [-0.1, -0.05) is 23.3 Å². The fourth-order valence-corrected chi connectivity index (χ4v) is 5.05. The molecule has 0 saturated carbocycles. The first kappa shape index (κ1) is 27.0. The van der Waals surface area contributed by atoms with Gasteiger partial charge in [0.05, 0.1) is 6.04 Å². The molecule has 2 aliphatic rings. The normalized spacial score (nSPS) is 18.6. The van der Waals surface area contributed by atoms with Crippen LogP contribution in [0.3, 0.4) is 0 Å². The maximum Gasteiger partial charge on any atom is 0.410 e. The minimum absolute atomic E-state index is 0.0156. The molecule has 3 rings (SSSR count). The Bertz CT molecular complexity index is 1080. The van der Waals surface area contributed by atoms with Gasteiger partial charge in [0.15, 0.2) is 11.6 Å². The summed E-state index contributed by atoms with van der Waals surface area (Å²) in [5.41, 5.74) is 3.78. The maximum absolute atomic E-state index is 13.2. The van der Waals surface area contributed by atoms with Crippen LogP contribution in [0.15, 0.2) is 35.4 Å². The van der Waals surface area contributed by atoms with E-state index in [2.05, 4.69) is 11.8 Å². The molecule has 0 radical (unpaired) electrons. The summed E-state index contributed by atoms with van der Waals surface area (Å²) in [6.45, 7) is 15.2. The fraction of sp³-hybridized carbons (Fsp3) is 0.536. The van der Waals surface area contributed by atoms with Gasteiger partial charge in [-0.15, -0.1) is 0 Å². The molecule has 1 aliphatic heterocycles. The predicted molar refractivity (Wildman–Crippen MR) is 140 cm³/mol. The van der Waals surface area contributed by atoms with Crippen LogP contribution in [0.5, 0.6) is 0 Å². The molecule has 0 N–H and O–H groups in total. The number of anilines is 1. The lowest BCUT2D eigenvalue weighted by molar-refractivity contribution is -0.117. The molecule has 1 amide bonds. The van der Waals surface area contributed by atoms with Crippen LogP contribution < -0.4 is 4.90 Å². The summed E-state index contributed by atoms with van der Waals surface area (Å²) in [4.78, 5) is 41.9. The Morgan fingerprint density at radius 2 is 1.80 bits per heavy atom. The first-order valence-electron chi connectivity index (χ1n) is 12.3. The summed E-state index contributed by atoms with van der Waals surface area (Å²) >= 11 is 6.46. The third-order valence-corrected chi connectivity index (χ3v) is 6.85. The van der Waals surface area contributed by atoms with Crippen molar-refractivity contribution in [2.75, 3.05) is 24.5 Å². The largest absolute Gasteiger partial charge is 0.444 e. The molecule has 35 heavy (non-hydrogen) atoms. The Morgan fingerprint density at radius 1 is 1.14 bits per heavy atom. The van der Waals surface area contributed by atoms with Crippen LogP contribution in [-0.2, 0) is 9.53 Å². The van der Waals surface area contributed by atoms with Crippen LogP contribution in [0.2, 0.25) is 5.02 Å². The zero-order chi connectivity index (χ0) is 26.1. The summed E-state index contributed by atoms with van der Waals surface area (Å²) in [7, 11) is 0.